The van der Waals surface area contributed by atoms with Gasteiger partial charge in [0, 0.05) is 18.6 Å². The number of aromatic nitrogens is 2. The Morgan fingerprint density at radius 1 is 1.37 bits per heavy atom. The first-order valence-corrected chi connectivity index (χ1v) is 6.03. The Bertz CT molecular complexity index is 638. The standard InChI is InChI=1S/C12H8BrF3N2O/c13-10-4-9(12(14,15)16)7-18(11(10)19)6-8-2-1-3-17-5-8/h1-5,7H,6H2. The SMILES string of the molecule is O=c1c(Br)cc(C(F)(F)F)cn1Cc1cccnc1. The zero-order valence-corrected chi connectivity index (χ0v) is 11.1. The fourth-order valence-corrected chi connectivity index (χ4v) is 2.03. The van der Waals surface area contributed by atoms with Crippen LogP contribution in [0.2, 0.25) is 0 Å². The van der Waals surface area contributed by atoms with Crippen molar-refractivity contribution in [2.75, 3.05) is 0 Å². The van der Waals surface area contributed by atoms with Gasteiger partial charge in [0.25, 0.3) is 5.56 Å². The quantitative estimate of drug-likeness (QED) is 0.847. The van der Waals surface area contributed by atoms with Crippen molar-refractivity contribution in [3.8, 4) is 0 Å². The van der Waals surface area contributed by atoms with Crippen LogP contribution in [-0.4, -0.2) is 9.55 Å². The van der Waals surface area contributed by atoms with Crippen LogP contribution in [0.3, 0.4) is 0 Å². The van der Waals surface area contributed by atoms with E-state index >= 15 is 0 Å². The Balaban J connectivity index is 2.46. The van der Waals surface area contributed by atoms with Gasteiger partial charge in [-0.2, -0.15) is 13.2 Å². The summed E-state index contributed by atoms with van der Waals surface area (Å²) < 4.78 is 38.9. The van der Waals surface area contributed by atoms with Crippen molar-refractivity contribution >= 4 is 15.9 Å². The van der Waals surface area contributed by atoms with Gasteiger partial charge in [0.05, 0.1) is 16.6 Å². The lowest BCUT2D eigenvalue weighted by Gasteiger charge is -2.11. The molecule has 0 saturated carbocycles. The highest BCUT2D eigenvalue weighted by atomic mass is 79.9. The first-order valence-electron chi connectivity index (χ1n) is 5.24. The molecule has 3 nitrogen and oxygen atoms in total. The Morgan fingerprint density at radius 3 is 2.68 bits per heavy atom. The number of hydrogen-bond donors (Lipinski definition) is 0. The molecule has 2 rings (SSSR count). The normalized spacial score (nSPS) is 11.6. The molecule has 0 amide bonds. The van der Waals surface area contributed by atoms with Gasteiger partial charge in [-0.05, 0) is 33.6 Å². The topological polar surface area (TPSA) is 34.9 Å². The average Bonchev–Trinajstić information content (AvgIpc) is 2.34. The van der Waals surface area contributed by atoms with Gasteiger partial charge in [0.15, 0.2) is 0 Å². The van der Waals surface area contributed by atoms with Crippen LogP contribution in [0.5, 0.6) is 0 Å². The van der Waals surface area contributed by atoms with E-state index in [-0.39, 0.29) is 11.0 Å². The van der Waals surface area contributed by atoms with Crippen molar-refractivity contribution in [1.82, 2.24) is 9.55 Å². The van der Waals surface area contributed by atoms with Crippen molar-refractivity contribution in [3.63, 3.8) is 0 Å². The lowest BCUT2D eigenvalue weighted by molar-refractivity contribution is -0.138. The van der Waals surface area contributed by atoms with Gasteiger partial charge in [0.2, 0.25) is 0 Å². The molecular formula is C12H8BrF3N2O. The number of hydrogen-bond acceptors (Lipinski definition) is 2. The third kappa shape index (κ3) is 3.23. The second-order valence-electron chi connectivity index (χ2n) is 3.87. The summed E-state index contributed by atoms with van der Waals surface area (Å²) in [6.07, 6.45) is -0.637. The van der Waals surface area contributed by atoms with Crippen molar-refractivity contribution in [1.29, 1.82) is 0 Å². The minimum absolute atomic E-state index is 0.0369. The molecule has 2 heterocycles. The molecule has 0 spiro atoms. The number of alkyl halides is 3. The van der Waals surface area contributed by atoms with Gasteiger partial charge in [-0.3, -0.25) is 9.78 Å². The molecule has 0 bridgehead atoms. The molecule has 0 aliphatic heterocycles. The highest BCUT2D eigenvalue weighted by Crippen LogP contribution is 2.29. The monoisotopic (exact) mass is 332 g/mol. The van der Waals surface area contributed by atoms with E-state index in [4.69, 9.17) is 0 Å². The largest absolute Gasteiger partial charge is 0.417 e. The van der Waals surface area contributed by atoms with Crippen LogP contribution in [0, 0.1) is 0 Å². The van der Waals surface area contributed by atoms with Gasteiger partial charge >= 0.3 is 6.18 Å². The van der Waals surface area contributed by atoms with E-state index in [2.05, 4.69) is 20.9 Å². The van der Waals surface area contributed by atoms with Gasteiger partial charge in [-0.1, -0.05) is 6.07 Å². The van der Waals surface area contributed by atoms with E-state index in [0.29, 0.717) is 5.56 Å². The zero-order valence-electron chi connectivity index (χ0n) is 9.49. The van der Waals surface area contributed by atoms with E-state index in [1.54, 1.807) is 18.3 Å². The lowest BCUT2D eigenvalue weighted by atomic mass is 10.2. The summed E-state index contributed by atoms with van der Waals surface area (Å²) in [4.78, 5) is 15.6. The summed E-state index contributed by atoms with van der Waals surface area (Å²) in [6.45, 7) is 0.0369. The Labute approximate surface area is 114 Å². The maximum Gasteiger partial charge on any atom is 0.417 e. The van der Waals surface area contributed by atoms with Crippen LogP contribution >= 0.6 is 15.9 Å². The average molecular weight is 333 g/mol. The highest BCUT2D eigenvalue weighted by Gasteiger charge is 2.31. The molecule has 0 aliphatic rings. The molecular weight excluding hydrogens is 325 g/mol. The molecule has 100 valence electrons. The van der Waals surface area contributed by atoms with Gasteiger partial charge < -0.3 is 4.57 Å². The van der Waals surface area contributed by atoms with E-state index < -0.39 is 17.3 Å². The van der Waals surface area contributed by atoms with E-state index in [1.807, 2.05) is 0 Å². The number of nitrogens with zero attached hydrogens (tertiary/aromatic N) is 2. The molecule has 19 heavy (non-hydrogen) atoms. The summed E-state index contributed by atoms with van der Waals surface area (Å²) in [5.41, 5.74) is -0.740. The van der Waals surface area contributed by atoms with Crippen molar-refractivity contribution in [2.45, 2.75) is 12.7 Å². The van der Waals surface area contributed by atoms with Gasteiger partial charge in [0.1, 0.15) is 0 Å². The second kappa shape index (κ2) is 5.16. The van der Waals surface area contributed by atoms with Crippen molar-refractivity contribution in [2.24, 2.45) is 0 Å². The fourth-order valence-electron chi connectivity index (χ4n) is 1.56. The maximum atomic E-state index is 12.7. The number of rotatable bonds is 2. The molecule has 0 aliphatic carbocycles. The number of halogens is 4. The zero-order chi connectivity index (χ0) is 14.0. The summed E-state index contributed by atoms with van der Waals surface area (Å²) in [5, 5.41) is 0. The van der Waals surface area contributed by atoms with Gasteiger partial charge in [-0.15, -0.1) is 0 Å². The first-order chi connectivity index (χ1) is 8.88. The predicted molar refractivity (Wildman–Crippen MR) is 66.7 cm³/mol. The summed E-state index contributed by atoms with van der Waals surface area (Å²) in [7, 11) is 0. The van der Waals surface area contributed by atoms with Crippen LogP contribution in [0.1, 0.15) is 11.1 Å². The second-order valence-corrected chi connectivity index (χ2v) is 4.72. The van der Waals surface area contributed by atoms with E-state index in [9.17, 15) is 18.0 Å². The third-order valence-electron chi connectivity index (χ3n) is 2.45. The van der Waals surface area contributed by atoms with Crippen LogP contribution in [-0.2, 0) is 12.7 Å². The van der Waals surface area contributed by atoms with Crippen molar-refractivity contribution in [3.05, 3.63) is 62.7 Å². The molecule has 0 atom stereocenters. The maximum absolute atomic E-state index is 12.7. The Kier molecular flexibility index (Phi) is 3.75. The van der Waals surface area contributed by atoms with Gasteiger partial charge in [-0.25, -0.2) is 0 Å². The molecule has 0 unspecified atom stereocenters. The molecule has 0 aromatic carbocycles. The first kappa shape index (κ1) is 13.8. The molecule has 7 heteroatoms. The molecule has 0 N–H and O–H groups in total. The Morgan fingerprint density at radius 2 is 2.11 bits per heavy atom. The molecule has 2 aromatic heterocycles. The van der Waals surface area contributed by atoms with E-state index in [1.165, 1.54) is 6.20 Å². The summed E-state index contributed by atoms with van der Waals surface area (Å²) in [6, 6.07) is 4.12. The van der Waals surface area contributed by atoms with Crippen LogP contribution in [0.4, 0.5) is 13.2 Å². The molecule has 0 saturated heterocycles. The van der Waals surface area contributed by atoms with Crippen LogP contribution in [0.25, 0.3) is 0 Å². The van der Waals surface area contributed by atoms with Crippen molar-refractivity contribution < 1.29 is 13.2 Å². The smallest absolute Gasteiger partial charge is 0.309 e. The predicted octanol–water partition coefficient (Wildman–Crippen LogP) is 3.07. The fraction of sp³-hybridized carbons (Fsp3) is 0.167. The summed E-state index contributed by atoms with van der Waals surface area (Å²) >= 11 is 2.85. The summed E-state index contributed by atoms with van der Waals surface area (Å²) in [5.74, 6) is 0. The van der Waals surface area contributed by atoms with Crippen LogP contribution in [0.15, 0.2) is 46.1 Å². The minimum Gasteiger partial charge on any atom is -0.309 e. The molecule has 0 fully saturated rings. The molecule has 2 aromatic rings. The highest BCUT2D eigenvalue weighted by molar-refractivity contribution is 9.10. The Hall–Kier alpha value is -1.63. The minimum atomic E-state index is -4.49. The van der Waals surface area contributed by atoms with Crippen LogP contribution < -0.4 is 5.56 Å². The van der Waals surface area contributed by atoms with E-state index in [0.717, 1.165) is 16.8 Å². The molecule has 0 radical (unpaired) electrons. The number of pyridine rings is 2. The lowest BCUT2D eigenvalue weighted by Crippen LogP contribution is -2.23. The third-order valence-corrected chi connectivity index (χ3v) is 3.01.